The Morgan fingerprint density at radius 2 is 1.38 bits per heavy atom. The fourth-order valence-corrected chi connectivity index (χ4v) is 4.25. The van der Waals surface area contributed by atoms with Crippen molar-refractivity contribution in [2.24, 2.45) is 0 Å². The van der Waals surface area contributed by atoms with Crippen LogP contribution in [0.25, 0.3) is 27.5 Å². The van der Waals surface area contributed by atoms with E-state index < -0.39 is 0 Å². The van der Waals surface area contributed by atoms with E-state index in [4.69, 9.17) is 4.98 Å². The number of hydrogen-bond acceptors (Lipinski definition) is 3. The van der Waals surface area contributed by atoms with Crippen LogP contribution in [0.2, 0.25) is 0 Å². The minimum Gasteiger partial charge on any atom is -0.306 e. The number of rotatable bonds is 4. The quantitative estimate of drug-likeness (QED) is 0.407. The van der Waals surface area contributed by atoms with Crippen LogP contribution >= 0.6 is 11.3 Å². The number of thiazole rings is 1. The van der Waals surface area contributed by atoms with Gasteiger partial charge in [-0.15, -0.1) is 11.3 Å². The third kappa shape index (κ3) is 3.22. The van der Waals surface area contributed by atoms with Crippen molar-refractivity contribution in [2.75, 3.05) is 5.32 Å². The number of amides is 1. The highest BCUT2D eigenvalue weighted by molar-refractivity contribution is 7.15. The van der Waals surface area contributed by atoms with E-state index in [9.17, 15) is 4.79 Å². The second-order valence-electron chi connectivity index (χ2n) is 6.60. The van der Waals surface area contributed by atoms with Crippen molar-refractivity contribution in [3.05, 3.63) is 102 Å². The smallest absolute Gasteiger partial charge is 0.256 e. The predicted molar refractivity (Wildman–Crippen MR) is 118 cm³/mol. The highest BCUT2D eigenvalue weighted by Gasteiger charge is 2.21. The average Bonchev–Trinajstić information content (AvgIpc) is 3.36. The number of carbonyl (C=O) groups is 1. The minimum atomic E-state index is -0.158. The molecule has 5 heteroatoms. The lowest BCUT2D eigenvalue weighted by Crippen LogP contribution is -2.14. The first kappa shape index (κ1) is 17.4. The molecule has 1 amide bonds. The first-order chi connectivity index (χ1) is 14.3. The van der Waals surface area contributed by atoms with Crippen molar-refractivity contribution in [2.45, 2.75) is 0 Å². The molecule has 3 aromatic carbocycles. The molecule has 1 N–H and O–H groups in total. The second-order valence-corrected chi connectivity index (χ2v) is 7.44. The summed E-state index contributed by atoms with van der Waals surface area (Å²) in [6.07, 6.45) is 0. The molecule has 4 nitrogen and oxygen atoms in total. The fraction of sp³-hybridized carbons (Fsp3) is 0. The molecule has 5 rings (SSSR count). The molecule has 0 atom stereocenters. The van der Waals surface area contributed by atoms with Crippen molar-refractivity contribution in [1.82, 2.24) is 9.38 Å². The maximum absolute atomic E-state index is 13.0. The molecule has 5 aromatic rings. The number of carbonyl (C=O) groups excluding carboxylic acids is 1. The maximum atomic E-state index is 13.0. The van der Waals surface area contributed by atoms with Crippen molar-refractivity contribution in [3.8, 4) is 22.5 Å². The fourth-order valence-electron chi connectivity index (χ4n) is 3.35. The van der Waals surface area contributed by atoms with E-state index >= 15 is 0 Å². The average molecular weight is 395 g/mol. The van der Waals surface area contributed by atoms with Gasteiger partial charge in [0.15, 0.2) is 4.96 Å². The topological polar surface area (TPSA) is 46.4 Å². The molecule has 0 saturated heterocycles. The van der Waals surface area contributed by atoms with Gasteiger partial charge in [0.05, 0.1) is 5.69 Å². The molecule has 0 unspecified atom stereocenters. The van der Waals surface area contributed by atoms with Crippen LogP contribution in [0.15, 0.2) is 96.4 Å². The number of nitrogens with one attached hydrogen (secondary N) is 1. The summed E-state index contributed by atoms with van der Waals surface area (Å²) in [5, 5.41) is 5.19. The Bertz CT molecular complexity index is 1280. The zero-order chi connectivity index (χ0) is 19.6. The lowest BCUT2D eigenvalue weighted by molar-refractivity contribution is 0.102. The number of nitrogens with zero attached hydrogens (tertiary/aromatic N) is 2. The van der Waals surface area contributed by atoms with Crippen molar-refractivity contribution in [1.29, 1.82) is 0 Å². The van der Waals surface area contributed by atoms with Crippen molar-refractivity contribution >= 4 is 28.0 Å². The Labute approximate surface area is 172 Å². The third-order valence-electron chi connectivity index (χ3n) is 4.75. The van der Waals surface area contributed by atoms with Gasteiger partial charge in [-0.1, -0.05) is 78.9 Å². The Balaban J connectivity index is 1.70. The van der Waals surface area contributed by atoms with E-state index in [0.717, 1.165) is 27.5 Å². The van der Waals surface area contributed by atoms with E-state index in [0.29, 0.717) is 11.4 Å². The lowest BCUT2D eigenvalue weighted by atomic mass is 10.1. The number of anilines is 1. The summed E-state index contributed by atoms with van der Waals surface area (Å²) in [5.74, 6) is 0.523. The van der Waals surface area contributed by atoms with Crippen LogP contribution in [-0.4, -0.2) is 15.3 Å². The van der Waals surface area contributed by atoms with Gasteiger partial charge in [-0.3, -0.25) is 9.20 Å². The number of imidazole rings is 1. The summed E-state index contributed by atoms with van der Waals surface area (Å²) in [5.41, 5.74) is 4.41. The number of fused-ring (bicyclic) bond motifs is 1. The van der Waals surface area contributed by atoms with Gasteiger partial charge in [0.1, 0.15) is 11.5 Å². The van der Waals surface area contributed by atoms with Crippen molar-refractivity contribution in [3.63, 3.8) is 0 Å². The largest absolute Gasteiger partial charge is 0.306 e. The minimum absolute atomic E-state index is 0.158. The Morgan fingerprint density at radius 3 is 2.03 bits per heavy atom. The predicted octanol–water partition coefficient (Wildman–Crippen LogP) is 5.98. The first-order valence-corrected chi connectivity index (χ1v) is 10.2. The molecule has 0 aliphatic heterocycles. The number of hydrogen-bond donors (Lipinski definition) is 1. The molecule has 0 bridgehead atoms. The normalized spacial score (nSPS) is 10.9. The molecule has 0 spiro atoms. The third-order valence-corrected chi connectivity index (χ3v) is 5.57. The van der Waals surface area contributed by atoms with Crippen LogP contribution in [0.3, 0.4) is 0 Å². The molecule has 0 saturated carbocycles. The van der Waals surface area contributed by atoms with Gasteiger partial charge in [-0.25, -0.2) is 4.98 Å². The van der Waals surface area contributed by atoms with Crippen LogP contribution in [0.5, 0.6) is 0 Å². The van der Waals surface area contributed by atoms with E-state index in [-0.39, 0.29) is 5.91 Å². The van der Waals surface area contributed by atoms with E-state index in [2.05, 4.69) is 22.8 Å². The molecule has 29 heavy (non-hydrogen) atoms. The highest BCUT2D eigenvalue weighted by atomic mass is 32.1. The van der Waals surface area contributed by atoms with E-state index in [1.165, 1.54) is 0 Å². The molecule has 0 radical (unpaired) electrons. The van der Waals surface area contributed by atoms with Crippen LogP contribution in [0, 0.1) is 0 Å². The standard InChI is InChI=1S/C24H17N3OS/c28-23(19-14-8-3-9-15-19)26-22-21(18-12-6-2-7-13-18)25-24-27(22)20(16-29-24)17-10-4-1-5-11-17/h1-16H,(H,26,28). The summed E-state index contributed by atoms with van der Waals surface area (Å²) in [7, 11) is 0. The molecular weight excluding hydrogens is 378 g/mol. The molecule has 0 aliphatic carbocycles. The van der Waals surface area contributed by atoms with Crippen LogP contribution in [-0.2, 0) is 0 Å². The molecule has 2 aromatic heterocycles. The molecular formula is C24H17N3OS. The van der Waals surface area contributed by atoms with Gasteiger partial charge in [-0.2, -0.15) is 0 Å². The summed E-state index contributed by atoms with van der Waals surface area (Å²) in [6.45, 7) is 0. The summed E-state index contributed by atoms with van der Waals surface area (Å²) in [6, 6.07) is 29.3. The van der Waals surface area contributed by atoms with Crippen LogP contribution in [0.4, 0.5) is 5.82 Å². The number of benzene rings is 3. The van der Waals surface area contributed by atoms with Gasteiger partial charge < -0.3 is 5.32 Å². The Morgan fingerprint density at radius 1 is 0.793 bits per heavy atom. The van der Waals surface area contributed by atoms with Crippen LogP contribution < -0.4 is 5.32 Å². The highest BCUT2D eigenvalue weighted by Crippen LogP contribution is 2.36. The SMILES string of the molecule is O=C(Nc1c(-c2ccccc2)nc2scc(-c3ccccc3)n12)c1ccccc1. The zero-order valence-corrected chi connectivity index (χ0v) is 16.3. The monoisotopic (exact) mass is 395 g/mol. The first-order valence-electron chi connectivity index (χ1n) is 9.28. The molecule has 2 heterocycles. The van der Waals surface area contributed by atoms with Gasteiger partial charge in [0.25, 0.3) is 5.91 Å². The van der Waals surface area contributed by atoms with Gasteiger partial charge in [0, 0.05) is 16.5 Å². The second kappa shape index (κ2) is 7.37. The van der Waals surface area contributed by atoms with Gasteiger partial charge in [0.2, 0.25) is 0 Å². The van der Waals surface area contributed by atoms with Gasteiger partial charge in [-0.05, 0) is 17.7 Å². The maximum Gasteiger partial charge on any atom is 0.256 e. The van der Waals surface area contributed by atoms with E-state index in [1.54, 1.807) is 11.3 Å². The lowest BCUT2D eigenvalue weighted by Gasteiger charge is -2.09. The van der Waals surface area contributed by atoms with Gasteiger partial charge >= 0.3 is 0 Å². The zero-order valence-electron chi connectivity index (χ0n) is 15.4. The Hall–Kier alpha value is -3.70. The summed E-state index contributed by atoms with van der Waals surface area (Å²) < 4.78 is 2.03. The summed E-state index contributed by atoms with van der Waals surface area (Å²) >= 11 is 1.56. The van der Waals surface area contributed by atoms with Crippen molar-refractivity contribution < 1.29 is 4.79 Å². The molecule has 0 aliphatic rings. The van der Waals surface area contributed by atoms with Crippen LogP contribution in [0.1, 0.15) is 10.4 Å². The molecule has 140 valence electrons. The Kier molecular flexibility index (Phi) is 4.42. The molecule has 0 fully saturated rings. The van der Waals surface area contributed by atoms with E-state index in [1.807, 2.05) is 83.3 Å². The summed E-state index contributed by atoms with van der Waals surface area (Å²) in [4.78, 5) is 18.6. The number of aromatic nitrogens is 2.